The van der Waals surface area contributed by atoms with Gasteiger partial charge in [-0.25, -0.2) is 0 Å². The first-order chi connectivity index (χ1) is 8.56. The van der Waals surface area contributed by atoms with Crippen molar-refractivity contribution in [2.75, 3.05) is 12.3 Å². The Bertz CT molecular complexity index is 532. The van der Waals surface area contributed by atoms with Crippen molar-refractivity contribution in [1.82, 2.24) is 9.78 Å². The Balaban J connectivity index is 1.94. The highest BCUT2D eigenvalue weighted by Gasteiger charge is 2.04. The Labute approximate surface area is 111 Å². The van der Waals surface area contributed by atoms with E-state index < -0.39 is 0 Å². The van der Waals surface area contributed by atoms with Gasteiger partial charge in [0, 0.05) is 19.5 Å². The van der Waals surface area contributed by atoms with Crippen LogP contribution in [-0.4, -0.2) is 16.4 Å². The number of halogens is 1. The minimum Gasteiger partial charge on any atom is -0.492 e. The lowest BCUT2D eigenvalue weighted by Gasteiger charge is -2.07. The van der Waals surface area contributed by atoms with Crippen molar-refractivity contribution in [3.05, 3.63) is 40.5 Å². The molecule has 5 heteroatoms. The van der Waals surface area contributed by atoms with Gasteiger partial charge in [0.25, 0.3) is 0 Å². The van der Waals surface area contributed by atoms with E-state index in [1.807, 2.05) is 38.2 Å². The van der Waals surface area contributed by atoms with Crippen LogP contribution in [0.1, 0.15) is 11.3 Å². The number of benzene rings is 1. The van der Waals surface area contributed by atoms with Crippen LogP contribution < -0.4 is 10.5 Å². The van der Waals surface area contributed by atoms with Crippen molar-refractivity contribution in [2.24, 2.45) is 7.05 Å². The number of rotatable bonds is 4. The van der Waals surface area contributed by atoms with E-state index in [9.17, 15) is 0 Å². The number of nitrogens with two attached hydrogens (primary N) is 1. The molecular formula is C13H16ClN3O. The van der Waals surface area contributed by atoms with E-state index in [1.165, 1.54) is 0 Å². The molecule has 96 valence electrons. The smallest absolute Gasteiger partial charge is 0.138 e. The number of aromatic nitrogens is 2. The molecule has 0 saturated carbocycles. The molecule has 2 rings (SSSR count). The van der Waals surface area contributed by atoms with Gasteiger partial charge in [-0.15, -0.1) is 0 Å². The van der Waals surface area contributed by atoms with E-state index in [4.69, 9.17) is 22.1 Å². The molecule has 1 heterocycles. The molecule has 0 radical (unpaired) electrons. The average molecular weight is 266 g/mol. The molecule has 2 N–H and O–H groups in total. The Morgan fingerprint density at radius 1 is 1.39 bits per heavy atom. The molecule has 0 amide bonds. The van der Waals surface area contributed by atoms with E-state index in [-0.39, 0.29) is 0 Å². The second-order valence-electron chi connectivity index (χ2n) is 4.22. The lowest BCUT2D eigenvalue weighted by molar-refractivity contribution is 0.320. The third-order valence-electron chi connectivity index (χ3n) is 2.67. The number of nitrogens with zero attached hydrogens (tertiary/aromatic N) is 2. The second-order valence-corrected chi connectivity index (χ2v) is 4.62. The van der Waals surface area contributed by atoms with Crippen molar-refractivity contribution in [2.45, 2.75) is 13.3 Å². The number of nitrogen functional groups attached to an aromatic ring is 1. The van der Waals surface area contributed by atoms with Gasteiger partial charge in [0.15, 0.2) is 0 Å². The molecule has 0 fully saturated rings. The first-order valence-corrected chi connectivity index (χ1v) is 6.11. The molecule has 1 aromatic heterocycles. The Kier molecular flexibility index (Phi) is 3.77. The molecule has 0 atom stereocenters. The summed E-state index contributed by atoms with van der Waals surface area (Å²) >= 11 is 6.04. The summed E-state index contributed by atoms with van der Waals surface area (Å²) in [5.41, 5.74) is 7.74. The SMILES string of the molecule is Cc1ccc(Cl)c(OCCc2cc(N)n(C)n2)c1. The van der Waals surface area contributed by atoms with Gasteiger partial charge in [-0.3, -0.25) is 4.68 Å². The predicted octanol–water partition coefficient (Wildman–Crippen LogP) is 2.59. The molecule has 0 saturated heterocycles. The standard InChI is InChI=1S/C13H16ClN3O/c1-9-3-4-11(14)12(7-9)18-6-5-10-8-13(15)17(2)16-10/h3-4,7-8H,5-6,15H2,1-2H3. The highest BCUT2D eigenvalue weighted by Crippen LogP contribution is 2.25. The zero-order valence-electron chi connectivity index (χ0n) is 10.5. The first-order valence-electron chi connectivity index (χ1n) is 5.73. The van der Waals surface area contributed by atoms with Crippen LogP contribution in [0.5, 0.6) is 5.75 Å². The van der Waals surface area contributed by atoms with Crippen LogP contribution in [0.15, 0.2) is 24.3 Å². The van der Waals surface area contributed by atoms with Crippen LogP contribution in [0, 0.1) is 6.92 Å². The fraction of sp³-hybridized carbons (Fsp3) is 0.308. The molecule has 0 aliphatic heterocycles. The van der Waals surface area contributed by atoms with Crippen LogP contribution in [-0.2, 0) is 13.5 Å². The zero-order valence-corrected chi connectivity index (χ0v) is 11.2. The molecule has 0 unspecified atom stereocenters. The fourth-order valence-electron chi connectivity index (χ4n) is 1.65. The largest absolute Gasteiger partial charge is 0.492 e. The number of anilines is 1. The van der Waals surface area contributed by atoms with E-state index in [0.717, 1.165) is 11.3 Å². The lowest BCUT2D eigenvalue weighted by Crippen LogP contribution is -2.03. The summed E-state index contributed by atoms with van der Waals surface area (Å²) < 4.78 is 7.30. The molecule has 0 bridgehead atoms. The summed E-state index contributed by atoms with van der Waals surface area (Å²) in [6.45, 7) is 2.53. The minimum absolute atomic E-state index is 0.527. The molecule has 18 heavy (non-hydrogen) atoms. The highest BCUT2D eigenvalue weighted by molar-refractivity contribution is 6.32. The van der Waals surface area contributed by atoms with Crippen LogP contribution >= 0.6 is 11.6 Å². The maximum atomic E-state index is 6.04. The summed E-state index contributed by atoms with van der Waals surface area (Å²) in [6, 6.07) is 7.57. The Morgan fingerprint density at radius 2 is 2.17 bits per heavy atom. The molecular weight excluding hydrogens is 250 g/mol. The minimum atomic E-state index is 0.527. The summed E-state index contributed by atoms with van der Waals surface area (Å²) in [5, 5.41) is 4.89. The number of hydrogen-bond acceptors (Lipinski definition) is 3. The molecule has 1 aromatic carbocycles. The number of aryl methyl sites for hydroxylation is 2. The van der Waals surface area contributed by atoms with E-state index >= 15 is 0 Å². The van der Waals surface area contributed by atoms with Gasteiger partial charge in [-0.05, 0) is 24.6 Å². The van der Waals surface area contributed by atoms with Gasteiger partial charge in [0.1, 0.15) is 11.6 Å². The molecule has 2 aromatic rings. The summed E-state index contributed by atoms with van der Waals surface area (Å²) in [6.07, 6.45) is 0.704. The fourth-order valence-corrected chi connectivity index (χ4v) is 1.82. The Hall–Kier alpha value is -1.68. The van der Waals surface area contributed by atoms with Gasteiger partial charge < -0.3 is 10.5 Å². The van der Waals surface area contributed by atoms with Gasteiger partial charge in [-0.2, -0.15) is 5.10 Å². The molecule has 0 aliphatic rings. The third-order valence-corrected chi connectivity index (χ3v) is 2.98. The second kappa shape index (κ2) is 5.31. The highest BCUT2D eigenvalue weighted by atomic mass is 35.5. The van der Waals surface area contributed by atoms with Crippen molar-refractivity contribution in [3.8, 4) is 5.75 Å². The Morgan fingerprint density at radius 3 is 2.83 bits per heavy atom. The zero-order chi connectivity index (χ0) is 13.1. The van der Waals surface area contributed by atoms with Crippen LogP contribution in [0.2, 0.25) is 5.02 Å². The van der Waals surface area contributed by atoms with Gasteiger partial charge in [0.05, 0.1) is 17.3 Å². The van der Waals surface area contributed by atoms with E-state index in [0.29, 0.717) is 29.6 Å². The van der Waals surface area contributed by atoms with E-state index in [2.05, 4.69) is 5.10 Å². The van der Waals surface area contributed by atoms with Crippen LogP contribution in [0.25, 0.3) is 0 Å². The molecule has 0 spiro atoms. The number of ether oxygens (including phenoxy) is 1. The normalized spacial score (nSPS) is 10.6. The topological polar surface area (TPSA) is 53.1 Å². The van der Waals surface area contributed by atoms with Gasteiger partial charge in [0.2, 0.25) is 0 Å². The monoisotopic (exact) mass is 265 g/mol. The van der Waals surface area contributed by atoms with Crippen molar-refractivity contribution in [3.63, 3.8) is 0 Å². The third kappa shape index (κ3) is 2.96. The van der Waals surface area contributed by atoms with Crippen LogP contribution in [0.4, 0.5) is 5.82 Å². The summed E-state index contributed by atoms with van der Waals surface area (Å²) in [4.78, 5) is 0. The van der Waals surface area contributed by atoms with Crippen molar-refractivity contribution < 1.29 is 4.74 Å². The summed E-state index contributed by atoms with van der Waals surface area (Å²) in [5.74, 6) is 1.36. The summed E-state index contributed by atoms with van der Waals surface area (Å²) in [7, 11) is 1.82. The maximum Gasteiger partial charge on any atom is 0.138 e. The van der Waals surface area contributed by atoms with Gasteiger partial charge >= 0.3 is 0 Å². The van der Waals surface area contributed by atoms with Gasteiger partial charge in [-0.1, -0.05) is 17.7 Å². The quantitative estimate of drug-likeness (QED) is 0.924. The average Bonchev–Trinajstić information content (AvgIpc) is 2.63. The maximum absolute atomic E-state index is 6.04. The first kappa shape index (κ1) is 12.8. The van der Waals surface area contributed by atoms with Crippen molar-refractivity contribution >= 4 is 17.4 Å². The van der Waals surface area contributed by atoms with Crippen molar-refractivity contribution in [1.29, 1.82) is 0 Å². The number of hydrogen-bond donors (Lipinski definition) is 1. The van der Waals surface area contributed by atoms with E-state index in [1.54, 1.807) is 4.68 Å². The van der Waals surface area contributed by atoms with Crippen LogP contribution in [0.3, 0.4) is 0 Å². The lowest BCUT2D eigenvalue weighted by atomic mass is 10.2. The molecule has 4 nitrogen and oxygen atoms in total. The molecule has 0 aliphatic carbocycles. The predicted molar refractivity (Wildman–Crippen MR) is 73.0 cm³/mol.